The highest BCUT2D eigenvalue weighted by Crippen LogP contribution is 2.31. The lowest BCUT2D eigenvalue weighted by atomic mass is 9.93. The molecule has 1 aromatic carbocycles. The zero-order valence-electron chi connectivity index (χ0n) is 15.1. The molecule has 2 aromatic heterocycles. The number of hydrogen-bond donors (Lipinski definition) is 3. The molecular weight excluding hydrogens is 342 g/mol. The molecule has 1 aliphatic heterocycles. The van der Waals surface area contributed by atoms with Gasteiger partial charge < -0.3 is 20.4 Å². The van der Waals surface area contributed by atoms with Crippen molar-refractivity contribution < 1.29 is 9.21 Å². The number of aromatic nitrogens is 2. The largest absolute Gasteiger partial charge is 0.459 e. The summed E-state index contributed by atoms with van der Waals surface area (Å²) >= 11 is 0. The Bertz CT molecular complexity index is 1020. The Morgan fingerprint density at radius 3 is 2.93 bits per heavy atom. The van der Waals surface area contributed by atoms with E-state index in [2.05, 4.69) is 25.9 Å². The number of amides is 1. The van der Waals surface area contributed by atoms with Gasteiger partial charge in [-0.2, -0.15) is 4.98 Å². The normalized spacial score (nSPS) is 19.3. The minimum absolute atomic E-state index is 0.00304. The maximum atomic E-state index is 11.9. The number of anilines is 4. The molecule has 1 fully saturated rings. The predicted octanol–water partition coefficient (Wildman–Crippen LogP) is 4.06. The Labute approximate surface area is 156 Å². The predicted molar refractivity (Wildman–Crippen MR) is 104 cm³/mol. The number of nitrogens with one attached hydrogen (secondary N) is 3. The Morgan fingerprint density at radius 2 is 2.11 bits per heavy atom. The second-order valence-electron chi connectivity index (χ2n) is 7.39. The lowest BCUT2D eigenvalue weighted by molar-refractivity contribution is -0.119. The highest BCUT2D eigenvalue weighted by atomic mass is 16.3. The summed E-state index contributed by atoms with van der Waals surface area (Å²) in [5, 5.41) is 9.68. The van der Waals surface area contributed by atoms with E-state index in [0.717, 1.165) is 47.5 Å². The number of benzene rings is 1. The van der Waals surface area contributed by atoms with Crippen molar-refractivity contribution in [2.75, 3.05) is 16.0 Å². The molecule has 3 aromatic rings. The summed E-state index contributed by atoms with van der Waals surface area (Å²) in [6.07, 6.45) is 5.93. The van der Waals surface area contributed by atoms with E-state index < -0.39 is 0 Å². The summed E-state index contributed by atoms with van der Waals surface area (Å²) in [6.45, 7) is 1.94. The van der Waals surface area contributed by atoms with Crippen LogP contribution in [0, 0.1) is 5.92 Å². The van der Waals surface area contributed by atoms with Crippen molar-refractivity contribution in [3.8, 4) is 0 Å². The molecule has 0 bridgehead atoms. The van der Waals surface area contributed by atoms with E-state index in [4.69, 9.17) is 4.42 Å². The van der Waals surface area contributed by atoms with E-state index in [1.165, 1.54) is 6.42 Å². The van der Waals surface area contributed by atoms with Gasteiger partial charge in [0.2, 0.25) is 11.9 Å². The Morgan fingerprint density at radius 1 is 1.22 bits per heavy atom. The van der Waals surface area contributed by atoms with Gasteiger partial charge in [0, 0.05) is 29.4 Å². The first-order chi connectivity index (χ1) is 13.2. The van der Waals surface area contributed by atoms with Crippen molar-refractivity contribution in [3.05, 3.63) is 36.1 Å². The van der Waals surface area contributed by atoms with Gasteiger partial charge in [-0.15, -0.1) is 0 Å². The van der Waals surface area contributed by atoms with E-state index in [-0.39, 0.29) is 11.8 Å². The van der Waals surface area contributed by atoms with Crippen LogP contribution >= 0.6 is 0 Å². The van der Waals surface area contributed by atoms with Crippen LogP contribution in [0.4, 0.5) is 23.1 Å². The number of carbonyl (C=O) groups is 1. The van der Waals surface area contributed by atoms with Crippen molar-refractivity contribution in [2.24, 2.45) is 5.92 Å². The molecule has 1 atom stereocenters. The van der Waals surface area contributed by atoms with Crippen LogP contribution in [0.25, 0.3) is 11.1 Å². The van der Waals surface area contributed by atoms with Gasteiger partial charge in [-0.05, 0) is 43.4 Å². The standard InChI is InChI=1S/C20H21N5O2/c1-11-9-12-5-6-14(10-16(12)23-19(11)26)22-20-24-15-7-8-27-17(15)18(25-20)21-13-3-2-4-13/h5-8,10-11,13H,2-4,9H2,1H3,(H,23,26)(H2,21,22,24,25). The topological polar surface area (TPSA) is 92.1 Å². The van der Waals surface area contributed by atoms with Gasteiger partial charge in [0.15, 0.2) is 11.4 Å². The van der Waals surface area contributed by atoms with Crippen molar-refractivity contribution >= 4 is 40.1 Å². The quantitative estimate of drug-likeness (QED) is 0.647. The average Bonchev–Trinajstić information content (AvgIpc) is 3.08. The highest BCUT2D eigenvalue weighted by Gasteiger charge is 2.23. The van der Waals surface area contributed by atoms with Gasteiger partial charge in [-0.1, -0.05) is 13.0 Å². The summed E-state index contributed by atoms with van der Waals surface area (Å²) in [6, 6.07) is 8.24. The molecule has 27 heavy (non-hydrogen) atoms. The molecule has 2 aliphatic rings. The number of hydrogen-bond acceptors (Lipinski definition) is 6. The smallest absolute Gasteiger partial charge is 0.229 e. The molecule has 3 N–H and O–H groups in total. The van der Waals surface area contributed by atoms with Crippen molar-refractivity contribution in [3.63, 3.8) is 0 Å². The zero-order valence-corrected chi connectivity index (χ0v) is 15.1. The average molecular weight is 363 g/mol. The first-order valence-electron chi connectivity index (χ1n) is 9.38. The van der Waals surface area contributed by atoms with Crippen LogP contribution in [0.1, 0.15) is 31.7 Å². The lowest BCUT2D eigenvalue weighted by Gasteiger charge is -2.27. The fourth-order valence-electron chi connectivity index (χ4n) is 3.52. The second-order valence-corrected chi connectivity index (χ2v) is 7.39. The monoisotopic (exact) mass is 363 g/mol. The minimum Gasteiger partial charge on any atom is -0.459 e. The highest BCUT2D eigenvalue weighted by molar-refractivity contribution is 5.96. The van der Waals surface area contributed by atoms with Crippen LogP contribution in [0.15, 0.2) is 34.9 Å². The number of fused-ring (bicyclic) bond motifs is 2. The zero-order chi connectivity index (χ0) is 18.4. The van der Waals surface area contributed by atoms with E-state index in [0.29, 0.717) is 17.6 Å². The Hall–Kier alpha value is -3.09. The minimum atomic E-state index is 0.00304. The molecule has 138 valence electrons. The second kappa shape index (κ2) is 6.26. The molecule has 1 aliphatic carbocycles. The van der Waals surface area contributed by atoms with E-state index in [1.807, 2.05) is 31.2 Å². The van der Waals surface area contributed by atoms with Crippen molar-refractivity contribution in [1.29, 1.82) is 0 Å². The maximum Gasteiger partial charge on any atom is 0.229 e. The summed E-state index contributed by atoms with van der Waals surface area (Å²) in [4.78, 5) is 21.1. The van der Waals surface area contributed by atoms with Crippen LogP contribution in [0.3, 0.4) is 0 Å². The molecule has 0 radical (unpaired) electrons. The first kappa shape index (κ1) is 16.1. The van der Waals surface area contributed by atoms with Gasteiger partial charge in [-0.3, -0.25) is 4.79 Å². The molecule has 3 heterocycles. The molecular formula is C20H21N5O2. The van der Waals surface area contributed by atoms with Gasteiger partial charge >= 0.3 is 0 Å². The molecule has 7 nitrogen and oxygen atoms in total. The van der Waals surface area contributed by atoms with Gasteiger partial charge in [0.05, 0.1) is 6.26 Å². The third-order valence-electron chi connectivity index (χ3n) is 5.35. The van der Waals surface area contributed by atoms with Gasteiger partial charge in [0.25, 0.3) is 0 Å². The van der Waals surface area contributed by atoms with Crippen LogP contribution in [0.5, 0.6) is 0 Å². The van der Waals surface area contributed by atoms with Crippen LogP contribution in [-0.2, 0) is 11.2 Å². The maximum absolute atomic E-state index is 11.9. The summed E-state index contributed by atoms with van der Waals surface area (Å²) < 4.78 is 5.56. The van der Waals surface area contributed by atoms with Gasteiger partial charge in [-0.25, -0.2) is 4.98 Å². The lowest BCUT2D eigenvalue weighted by Crippen LogP contribution is -2.27. The molecule has 5 rings (SSSR count). The molecule has 0 spiro atoms. The first-order valence-corrected chi connectivity index (χ1v) is 9.38. The van der Waals surface area contributed by atoms with E-state index in [1.54, 1.807) is 6.26 Å². The summed E-state index contributed by atoms with van der Waals surface area (Å²) in [7, 11) is 0. The fraction of sp³-hybridized carbons (Fsp3) is 0.350. The van der Waals surface area contributed by atoms with Crippen molar-refractivity contribution in [2.45, 2.75) is 38.6 Å². The van der Waals surface area contributed by atoms with Crippen LogP contribution in [-0.4, -0.2) is 21.9 Å². The number of nitrogens with zero attached hydrogens (tertiary/aromatic N) is 2. The SMILES string of the molecule is CC1Cc2ccc(Nc3nc(NC4CCC4)c4occc4n3)cc2NC1=O. The van der Waals surface area contributed by atoms with Crippen LogP contribution in [0.2, 0.25) is 0 Å². The number of rotatable bonds is 4. The fourth-order valence-corrected chi connectivity index (χ4v) is 3.52. The molecule has 7 heteroatoms. The Kier molecular flexibility index (Phi) is 3.74. The summed E-state index contributed by atoms with van der Waals surface area (Å²) in [5.41, 5.74) is 4.26. The van der Waals surface area contributed by atoms with E-state index >= 15 is 0 Å². The Balaban J connectivity index is 1.44. The molecule has 1 saturated carbocycles. The third-order valence-corrected chi connectivity index (χ3v) is 5.35. The third kappa shape index (κ3) is 2.99. The molecule has 0 saturated heterocycles. The summed E-state index contributed by atoms with van der Waals surface area (Å²) in [5.74, 6) is 1.28. The van der Waals surface area contributed by atoms with Crippen molar-refractivity contribution in [1.82, 2.24) is 9.97 Å². The number of furan rings is 1. The van der Waals surface area contributed by atoms with Gasteiger partial charge in [0.1, 0.15) is 5.52 Å². The number of carbonyl (C=O) groups excluding carboxylic acids is 1. The van der Waals surface area contributed by atoms with E-state index in [9.17, 15) is 4.79 Å². The van der Waals surface area contributed by atoms with Crippen LogP contribution < -0.4 is 16.0 Å². The molecule has 1 unspecified atom stereocenters. The molecule has 1 amide bonds.